The van der Waals surface area contributed by atoms with E-state index in [-0.39, 0.29) is 6.42 Å². The van der Waals surface area contributed by atoms with Crippen molar-refractivity contribution in [3.8, 4) is 9.88 Å². The van der Waals surface area contributed by atoms with Gasteiger partial charge in [0.25, 0.3) is 5.92 Å². The van der Waals surface area contributed by atoms with Crippen molar-refractivity contribution in [1.82, 2.24) is 10.3 Å². The van der Waals surface area contributed by atoms with Crippen molar-refractivity contribution in [3.63, 3.8) is 0 Å². The van der Waals surface area contributed by atoms with Gasteiger partial charge in [0.05, 0.1) is 30.1 Å². The van der Waals surface area contributed by atoms with E-state index in [0.717, 1.165) is 9.88 Å². The Hall–Kier alpha value is -1.38. The first-order valence-electron chi connectivity index (χ1n) is 5.83. The smallest absolute Gasteiger partial charge is 0.277 e. The SMILES string of the molecule is NCC(F)(F)CNC(=O)Cc1csc(-c2cccs2)n1. The van der Waals surface area contributed by atoms with Gasteiger partial charge in [-0.05, 0) is 11.4 Å². The molecule has 0 aliphatic rings. The Morgan fingerprint density at radius 1 is 1.45 bits per heavy atom. The van der Waals surface area contributed by atoms with Crippen LogP contribution < -0.4 is 11.1 Å². The molecule has 2 heterocycles. The topological polar surface area (TPSA) is 68.0 Å². The van der Waals surface area contributed by atoms with Crippen molar-refractivity contribution >= 4 is 28.6 Å². The Morgan fingerprint density at radius 2 is 2.25 bits per heavy atom. The largest absolute Gasteiger partial charge is 0.350 e. The van der Waals surface area contributed by atoms with Crippen LogP contribution in [0.1, 0.15) is 5.69 Å². The van der Waals surface area contributed by atoms with E-state index in [1.807, 2.05) is 17.5 Å². The maximum Gasteiger partial charge on any atom is 0.277 e. The molecule has 4 nitrogen and oxygen atoms in total. The lowest BCUT2D eigenvalue weighted by Gasteiger charge is -2.14. The second-order valence-electron chi connectivity index (χ2n) is 4.13. The molecule has 20 heavy (non-hydrogen) atoms. The fourth-order valence-electron chi connectivity index (χ4n) is 1.43. The lowest BCUT2D eigenvalue weighted by molar-refractivity contribution is -0.122. The first kappa shape index (κ1) is 15.0. The zero-order valence-electron chi connectivity index (χ0n) is 10.4. The Morgan fingerprint density at radius 3 is 2.90 bits per heavy atom. The molecule has 2 aromatic heterocycles. The standard InChI is InChI=1S/C12H13F2N3OS2/c13-12(14,6-15)7-16-10(18)4-8-5-20-11(17-8)9-2-1-3-19-9/h1-3,5H,4,6-7,15H2,(H,16,18). The van der Waals surface area contributed by atoms with Crippen LogP contribution in [0.5, 0.6) is 0 Å². The van der Waals surface area contributed by atoms with E-state index in [0.29, 0.717) is 5.69 Å². The number of alkyl halides is 2. The highest BCUT2D eigenvalue weighted by atomic mass is 32.1. The van der Waals surface area contributed by atoms with Gasteiger partial charge in [-0.2, -0.15) is 0 Å². The van der Waals surface area contributed by atoms with E-state index < -0.39 is 24.9 Å². The first-order chi connectivity index (χ1) is 9.50. The highest BCUT2D eigenvalue weighted by Crippen LogP contribution is 2.27. The molecule has 0 aromatic carbocycles. The van der Waals surface area contributed by atoms with Crippen molar-refractivity contribution in [1.29, 1.82) is 0 Å². The van der Waals surface area contributed by atoms with Gasteiger partial charge in [0, 0.05) is 5.38 Å². The average molecular weight is 317 g/mol. The minimum Gasteiger partial charge on any atom is -0.350 e. The Balaban J connectivity index is 1.89. The molecule has 0 aliphatic heterocycles. The van der Waals surface area contributed by atoms with Crippen molar-refractivity contribution < 1.29 is 13.6 Å². The van der Waals surface area contributed by atoms with Crippen LogP contribution in [0.15, 0.2) is 22.9 Å². The van der Waals surface area contributed by atoms with Crippen LogP contribution in [0.3, 0.4) is 0 Å². The molecule has 0 unspecified atom stereocenters. The second kappa shape index (κ2) is 6.38. The predicted molar refractivity (Wildman–Crippen MR) is 76.1 cm³/mol. The molecule has 108 valence electrons. The normalized spacial score (nSPS) is 11.6. The van der Waals surface area contributed by atoms with Crippen molar-refractivity contribution in [3.05, 3.63) is 28.6 Å². The van der Waals surface area contributed by atoms with Crippen LogP contribution in [0.2, 0.25) is 0 Å². The van der Waals surface area contributed by atoms with Crippen LogP contribution in [0.4, 0.5) is 8.78 Å². The minimum absolute atomic E-state index is 0.0114. The lowest BCUT2D eigenvalue weighted by atomic mass is 10.3. The predicted octanol–water partition coefficient (Wildman–Crippen LogP) is 2.12. The molecule has 3 N–H and O–H groups in total. The molecule has 0 bridgehead atoms. The summed E-state index contributed by atoms with van der Waals surface area (Å²) < 4.78 is 25.8. The van der Waals surface area contributed by atoms with E-state index in [4.69, 9.17) is 5.73 Å². The van der Waals surface area contributed by atoms with Gasteiger partial charge in [0.1, 0.15) is 5.01 Å². The number of thiazole rings is 1. The van der Waals surface area contributed by atoms with Crippen LogP contribution in [0.25, 0.3) is 9.88 Å². The number of thiophene rings is 1. The molecule has 8 heteroatoms. The maximum absolute atomic E-state index is 12.9. The van der Waals surface area contributed by atoms with Crippen LogP contribution in [-0.4, -0.2) is 29.9 Å². The van der Waals surface area contributed by atoms with Gasteiger partial charge in [-0.3, -0.25) is 4.79 Å². The van der Waals surface area contributed by atoms with Crippen molar-refractivity contribution in [2.45, 2.75) is 12.3 Å². The molecule has 0 fully saturated rings. The molecule has 2 aromatic rings. The lowest BCUT2D eigenvalue weighted by Crippen LogP contribution is -2.42. The minimum atomic E-state index is -3.07. The highest BCUT2D eigenvalue weighted by molar-refractivity contribution is 7.20. The monoisotopic (exact) mass is 317 g/mol. The molecule has 1 amide bonds. The third kappa shape index (κ3) is 4.06. The van der Waals surface area contributed by atoms with Crippen molar-refractivity contribution in [2.24, 2.45) is 5.73 Å². The summed E-state index contributed by atoms with van der Waals surface area (Å²) in [4.78, 5) is 16.9. The molecular formula is C12H13F2N3OS2. The molecule has 0 aliphatic carbocycles. The summed E-state index contributed by atoms with van der Waals surface area (Å²) in [6, 6.07) is 3.86. The van der Waals surface area contributed by atoms with Crippen LogP contribution in [-0.2, 0) is 11.2 Å². The molecule has 0 saturated carbocycles. The fraction of sp³-hybridized carbons (Fsp3) is 0.333. The summed E-state index contributed by atoms with van der Waals surface area (Å²) >= 11 is 2.99. The van der Waals surface area contributed by atoms with Gasteiger partial charge in [-0.1, -0.05) is 6.07 Å². The number of nitrogens with one attached hydrogen (secondary N) is 1. The number of nitrogens with zero attached hydrogens (tertiary/aromatic N) is 1. The summed E-state index contributed by atoms with van der Waals surface area (Å²) in [6.45, 7) is -1.53. The molecule has 2 rings (SSSR count). The summed E-state index contributed by atoms with van der Waals surface area (Å²) in [5.41, 5.74) is 5.47. The van der Waals surface area contributed by atoms with E-state index in [1.54, 1.807) is 16.7 Å². The number of carbonyl (C=O) groups is 1. The number of aromatic nitrogens is 1. The first-order valence-corrected chi connectivity index (χ1v) is 7.59. The second-order valence-corrected chi connectivity index (χ2v) is 5.94. The highest BCUT2D eigenvalue weighted by Gasteiger charge is 2.27. The Kier molecular flexibility index (Phi) is 4.79. The number of rotatable bonds is 6. The number of hydrogen-bond acceptors (Lipinski definition) is 5. The zero-order chi connectivity index (χ0) is 14.6. The van der Waals surface area contributed by atoms with E-state index in [1.165, 1.54) is 11.3 Å². The third-order valence-electron chi connectivity index (χ3n) is 2.47. The number of carbonyl (C=O) groups excluding carboxylic acids is 1. The molecule has 0 atom stereocenters. The van der Waals surface area contributed by atoms with Gasteiger partial charge < -0.3 is 11.1 Å². The van der Waals surface area contributed by atoms with Crippen LogP contribution >= 0.6 is 22.7 Å². The van der Waals surface area contributed by atoms with Gasteiger partial charge in [0.2, 0.25) is 5.91 Å². The summed E-state index contributed by atoms with van der Waals surface area (Å²) in [6.07, 6.45) is -0.0114. The zero-order valence-corrected chi connectivity index (χ0v) is 12.1. The summed E-state index contributed by atoms with van der Waals surface area (Å²) in [5, 5.41) is 6.70. The van der Waals surface area contributed by atoms with Gasteiger partial charge >= 0.3 is 0 Å². The number of nitrogens with two attached hydrogens (primary N) is 1. The van der Waals surface area contributed by atoms with E-state index in [9.17, 15) is 13.6 Å². The van der Waals surface area contributed by atoms with Gasteiger partial charge in [-0.25, -0.2) is 13.8 Å². The van der Waals surface area contributed by atoms with E-state index >= 15 is 0 Å². The Bertz CT molecular complexity index is 569. The van der Waals surface area contributed by atoms with Crippen molar-refractivity contribution in [2.75, 3.05) is 13.1 Å². The summed E-state index contributed by atoms with van der Waals surface area (Å²) in [5.74, 6) is -3.55. The van der Waals surface area contributed by atoms with Gasteiger partial charge in [0.15, 0.2) is 0 Å². The quantitative estimate of drug-likeness (QED) is 0.857. The van der Waals surface area contributed by atoms with E-state index in [2.05, 4.69) is 10.3 Å². The Labute approximate surface area is 122 Å². The fourth-order valence-corrected chi connectivity index (χ4v) is 3.06. The molecular weight excluding hydrogens is 304 g/mol. The number of hydrogen-bond donors (Lipinski definition) is 2. The van der Waals surface area contributed by atoms with Crippen LogP contribution in [0, 0.1) is 0 Å². The molecule has 0 radical (unpaired) electrons. The molecule has 0 spiro atoms. The number of halogens is 2. The third-order valence-corrected chi connectivity index (χ3v) is 4.40. The number of amides is 1. The maximum atomic E-state index is 12.9. The molecule has 0 saturated heterocycles. The van der Waals surface area contributed by atoms with Gasteiger partial charge in [-0.15, -0.1) is 22.7 Å². The average Bonchev–Trinajstić information content (AvgIpc) is 3.07. The summed E-state index contributed by atoms with van der Waals surface area (Å²) in [7, 11) is 0.